The highest BCUT2D eigenvalue weighted by Crippen LogP contribution is 2.23. The van der Waals surface area contributed by atoms with Crippen molar-refractivity contribution in [2.24, 2.45) is 0 Å². The molecule has 1 heteroatoms. The van der Waals surface area contributed by atoms with Gasteiger partial charge in [0.25, 0.3) is 0 Å². The van der Waals surface area contributed by atoms with Crippen molar-refractivity contribution < 1.29 is 0 Å². The second kappa shape index (κ2) is 6.15. The Bertz CT molecular complexity index is 497. The lowest BCUT2D eigenvalue weighted by Crippen LogP contribution is -1.85. The molecule has 2 rings (SSSR count). The van der Waals surface area contributed by atoms with Gasteiger partial charge in [0, 0.05) is 12.4 Å². The quantitative estimate of drug-likeness (QED) is 0.716. The standard InChI is InChI=1S/C17H19N/c1-3-4-6-14(2)15-8-10-16(11-9-15)17-7-5-12-18-13-17/h5,7-13H,2-4,6H2,1H3. The van der Waals surface area contributed by atoms with E-state index >= 15 is 0 Å². The van der Waals surface area contributed by atoms with Gasteiger partial charge < -0.3 is 0 Å². The summed E-state index contributed by atoms with van der Waals surface area (Å²) < 4.78 is 0. The van der Waals surface area contributed by atoms with Crippen LogP contribution in [-0.2, 0) is 0 Å². The number of nitrogens with zero attached hydrogens (tertiary/aromatic N) is 1. The zero-order valence-corrected chi connectivity index (χ0v) is 10.9. The lowest BCUT2D eigenvalue weighted by Gasteiger charge is -2.07. The number of allylic oxidation sites excluding steroid dienone is 1. The van der Waals surface area contributed by atoms with Crippen LogP contribution in [0.5, 0.6) is 0 Å². The van der Waals surface area contributed by atoms with Crippen molar-refractivity contribution in [3.05, 3.63) is 60.9 Å². The minimum Gasteiger partial charge on any atom is -0.264 e. The Kier molecular flexibility index (Phi) is 4.30. The summed E-state index contributed by atoms with van der Waals surface area (Å²) in [7, 11) is 0. The number of hydrogen-bond acceptors (Lipinski definition) is 1. The molecule has 0 aliphatic rings. The third-order valence-electron chi connectivity index (χ3n) is 3.12. The summed E-state index contributed by atoms with van der Waals surface area (Å²) >= 11 is 0. The van der Waals surface area contributed by atoms with Crippen molar-refractivity contribution >= 4 is 5.57 Å². The molecule has 92 valence electrons. The fraction of sp³-hybridized carbons (Fsp3) is 0.235. The van der Waals surface area contributed by atoms with Gasteiger partial charge in [-0.15, -0.1) is 0 Å². The number of hydrogen-bond donors (Lipinski definition) is 0. The molecule has 2 aromatic rings. The van der Waals surface area contributed by atoms with Crippen molar-refractivity contribution in [3.63, 3.8) is 0 Å². The van der Waals surface area contributed by atoms with Crippen LogP contribution >= 0.6 is 0 Å². The highest BCUT2D eigenvalue weighted by Gasteiger charge is 2.00. The molecule has 1 nitrogen and oxygen atoms in total. The molecule has 0 unspecified atom stereocenters. The molecule has 0 aliphatic carbocycles. The molecule has 0 saturated heterocycles. The summed E-state index contributed by atoms with van der Waals surface area (Å²) in [6.45, 7) is 6.36. The Morgan fingerprint density at radius 3 is 2.50 bits per heavy atom. The molecular formula is C17H19N. The molecule has 0 radical (unpaired) electrons. The first-order valence-electron chi connectivity index (χ1n) is 6.50. The third-order valence-corrected chi connectivity index (χ3v) is 3.12. The molecule has 1 aromatic carbocycles. The summed E-state index contributed by atoms with van der Waals surface area (Å²) in [4.78, 5) is 4.14. The summed E-state index contributed by atoms with van der Waals surface area (Å²) in [5.74, 6) is 0. The SMILES string of the molecule is C=C(CCCC)c1ccc(-c2cccnc2)cc1. The van der Waals surface area contributed by atoms with Crippen LogP contribution in [0.25, 0.3) is 16.7 Å². The van der Waals surface area contributed by atoms with Gasteiger partial charge in [-0.25, -0.2) is 0 Å². The van der Waals surface area contributed by atoms with E-state index in [0.717, 1.165) is 12.0 Å². The maximum Gasteiger partial charge on any atom is 0.0346 e. The van der Waals surface area contributed by atoms with Gasteiger partial charge in [-0.1, -0.05) is 50.3 Å². The lowest BCUT2D eigenvalue weighted by molar-refractivity contribution is 0.825. The molecule has 0 amide bonds. The van der Waals surface area contributed by atoms with Crippen LogP contribution in [0, 0.1) is 0 Å². The van der Waals surface area contributed by atoms with E-state index in [1.807, 2.05) is 12.3 Å². The Morgan fingerprint density at radius 2 is 1.89 bits per heavy atom. The Morgan fingerprint density at radius 1 is 1.11 bits per heavy atom. The van der Waals surface area contributed by atoms with E-state index < -0.39 is 0 Å². The fourth-order valence-corrected chi connectivity index (χ4v) is 1.97. The predicted molar refractivity (Wildman–Crippen MR) is 78.2 cm³/mol. The minimum absolute atomic E-state index is 1.09. The number of rotatable bonds is 5. The van der Waals surface area contributed by atoms with Crippen molar-refractivity contribution in [2.45, 2.75) is 26.2 Å². The van der Waals surface area contributed by atoms with Gasteiger partial charge in [-0.2, -0.15) is 0 Å². The van der Waals surface area contributed by atoms with Gasteiger partial charge in [0.1, 0.15) is 0 Å². The molecule has 18 heavy (non-hydrogen) atoms. The van der Waals surface area contributed by atoms with Gasteiger partial charge in [-0.3, -0.25) is 4.98 Å². The second-order valence-electron chi connectivity index (χ2n) is 4.53. The van der Waals surface area contributed by atoms with Crippen molar-refractivity contribution in [2.75, 3.05) is 0 Å². The number of benzene rings is 1. The van der Waals surface area contributed by atoms with Gasteiger partial charge >= 0.3 is 0 Å². The molecule has 1 aromatic heterocycles. The topological polar surface area (TPSA) is 12.9 Å². The van der Waals surface area contributed by atoms with Gasteiger partial charge in [0.2, 0.25) is 0 Å². The van der Waals surface area contributed by atoms with Gasteiger partial charge in [0.15, 0.2) is 0 Å². The Labute approximate surface area is 109 Å². The molecule has 0 N–H and O–H groups in total. The van der Waals surface area contributed by atoms with Gasteiger partial charge in [0.05, 0.1) is 0 Å². The summed E-state index contributed by atoms with van der Waals surface area (Å²) in [5.41, 5.74) is 4.84. The van der Waals surface area contributed by atoms with E-state index in [0.29, 0.717) is 0 Å². The number of pyridine rings is 1. The van der Waals surface area contributed by atoms with E-state index in [1.54, 1.807) is 6.20 Å². The van der Waals surface area contributed by atoms with Crippen LogP contribution in [0.1, 0.15) is 31.7 Å². The summed E-state index contributed by atoms with van der Waals surface area (Å²) in [6.07, 6.45) is 7.20. The molecule has 0 bridgehead atoms. The summed E-state index contributed by atoms with van der Waals surface area (Å²) in [6, 6.07) is 12.6. The fourth-order valence-electron chi connectivity index (χ4n) is 1.97. The van der Waals surface area contributed by atoms with Crippen LogP contribution in [0.4, 0.5) is 0 Å². The second-order valence-corrected chi connectivity index (χ2v) is 4.53. The third kappa shape index (κ3) is 3.07. The van der Waals surface area contributed by atoms with E-state index in [9.17, 15) is 0 Å². The van der Waals surface area contributed by atoms with Crippen molar-refractivity contribution in [1.29, 1.82) is 0 Å². The van der Waals surface area contributed by atoms with E-state index in [1.165, 1.54) is 29.5 Å². The summed E-state index contributed by atoms with van der Waals surface area (Å²) in [5, 5.41) is 0. The molecule has 0 atom stereocenters. The van der Waals surface area contributed by atoms with E-state index in [2.05, 4.69) is 48.8 Å². The zero-order chi connectivity index (χ0) is 12.8. The van der Waals surface area contributed by atoms with Crippen LogP contribution < -0.4 is 0 Å². The minimum atomic E-state index is 1.09. The molecular weight excluding hydrogens is 218 g/mol. The average Bonchev–Trinajstić information content (AvgIpc) is 2.46. The monoisotopic (exact) mass is 237 g/mol. The van der Waals surface area contributed by atoms with Crippen LogP contribution in [0.15, 0.2) is 55.4 Å². The van der Waals surface area contributed by atoms with Crippen molar-refractivity contribution in [3.8, 4) is 11.1 Å². The highest BCUT2D eigenvalue weighted by molar-refractivity contribution is 5.68. The predicted octanol–water partition coefficient (Wildman–Crippen LogP) is 4.95. The van der Waals surface area contributed by atoms with Crippen LogP contribution in [-0.4, -0.2) is 4.98 Å². The normalized spacial score (nSPS) is 10.3. The first-order chi connectivity index (χ1) is 8.81. The Hall–Kier alpha value is -1.89. The first kappa shape index (κ1) is 12.6. The average molecular weight is 237 g/mol. The smallest absolute Gasteiger partial charge is 0.0346 e. The zero-order valence-electron chi connectivity index (χ0n) is 10.9. The molecule has 0 aliphatic heterocycles. The Balaban J connectivity index is 2.13. The van der Waals surface area contributed by atoms with Gasteiger partial charge in [-0.05, 0) is 41.2 Å². The highest BCUT2D eigenvalue weighted by atomic mass is 14.6. The lowest BCUT2D eigenvalue weighted by atomic mass is 9.99. The number of aromatic nitrogens is 1. The largest absolute Gasteiger partial charge is 0.264 e. The first-order valence-corrected chi connectivity index (χ1v) is 6.50. The van der Waals surface area contributed by atoms with Crippen molar-refractivity contribution in [1.82, 2.24) is 4.98 Å². The number of unbranched alkanes of at least 4 members (excludes halogenated alkanes) is 1. The van der Waals surface area contributed by atoms with E-state index in [4.69, 9.17) is 0 Å². The molecule has 1 heterocycles. The molecule has 0 fully saturated rings. The molecule has 0 spiro atoms. The van der Waals surface area contributed by atoms with E-state index in [-0.39, 0.29) is 0 Å². The van der Waals surface area contributed by atoms with Crippen LogP contribution in [0.2, 0.25) is 0 Å². The maximum absolute atomic E-state index is 4.15. The maximum atomic E-state index is 4.15. The van der Waals surface area contributed by atoms with Crippen LogP contribution in [0.3, 0.4) is 0 Å². The molecule has 0 saturated carbocycles.